The molecule has 3 heteroatoms. The number of hydrogen-bond acceptors (Lipinski definition) is 3. The molecule has 1 aromatic rings. The van der Waals surface area contributed by atoms with Crippen LogP contribution in [0.4, 0.5) is 5.82 Å². The molecule has 3 rings (SSSR count). The summed E-state index contributed by atoms with van der Waals surface area (Å²) in [5, 5.41) is 9.39. The van der Waals surface area contributed by atoms with Gasteiger partial charge in [0.15, 0.2) is 0 Å². The fraction of sp³-hybridized carbons (Fsp3) is 0.667. The van der Waals surface area contributed by atoms with Gasteiger partial charge in [-0.25, -0.2) is 4.98 Å². The molecule has 2 heterocycles. The lowest BCUT2D eigenvalue weighted by Gasteiger charge is -2.40. The molecule has 0 radical (unpaired) electrons. The van der Waals surface area contributed by atoms with E-state index in [-0.39, 0.29) is 6.61 Å². The van der Waals surface area contributed by atoms with Crippen LogP contribution in [0, 0.1) is 5.41 Å². The molecule has 0 unspecified atom stereocenters. The highest BCUT2D eigenvalue weighted by Gasteiger charge is 2.37. The number of aromatic nitrogens is 1. The van der Waals surface area contributed by atoms with E-state index < -0.39 is 0 Å². The zero-order chi connectivity index (χ0) is 12.4. The number of hydrogen-bond donors (Lipinski definition) is 1. The minimum atomic E-state index is 0.0881. The topological polar surface area (TPSA) is 36.4 Å². The molecule has 1 saturated heterocycles. The van der Waals surface area contributed by atoms with E-state index in [1.54, 1.807) is 0 Å². The van der Waals surface area contributed by atoms with Gasteiger partial charge in [0.1, 0.15) is 5.82 Å². The molecule has 2 fully saturated rings. The third-order valence-corrected chi connectivity index (χ3v) is 4.83. The Morgan fingerprint density at radius 1 is 1.17 bits per heavy atom. The van der Waals surface area contributed by atoms with E-state index in [9.17, 15) is 5.11 Å². The van der Waals surface area contributed by atoms with Gasteiger partial charge in [-0.3, -0.25) is 0 Å². The highest BCUT2D eigenvalue weighted by molar-refractivity contribution is 5.46. The number of rotatable bonds is 2. The molecule has 98 valence electrons. The fourth-order valence-electron chi connectivity index (χ4n) is 3.66. The maximum absolute atomic E-state index is 9.39. The van der Waals surface area contributed by atoms with Crippen LogP contribution >= 0.6 is 0 Å². The first kappa shape index (κ1) is 12.0. The van der Waals surface area contributed by atoms with Gasteiger partial charge in [-0.2, -0.15) is 0 Å². The van der Waals surface area contributed by atoms with Crippen LogP contribution in [0.25, 0.3) is 0 Å². The summed E-state index contributed by atoms with van der Waals surface area (Å²) in [5.74, 6) is 0.993. The van der Waals surface area contributed by atoms with Crippen LogP contribution in [0.5, 0.6) is 0 Å². The summed E-state index contributed by atoms with van der Waals surface area (Å²) in [7, 11) is 0. The van der Waals surface area contributed by atoms with E-state index in [2.05, 4.69) is 9.88 Å². The van der Waals surface area contributed by atoms with Crippen LogP contribution in [0.1, 0.15) is 44.1 Å². The highest BCUT2D eigenvalue weighted by Crippen LogP contribution is 2.46. The molecule has 1 N–H and O–H groups in total. The highest BCUT2D eigenvalue weighted by atomic mass is 16.3. The first-order valence-electron chi connectivity index (χ1n) is 7.13. The number of nitrogens with zero attached hydrogens (tertiary/aromatic N) is 2. The Kier molecular flexibility index (Phi) is 3.25. The lowest BCUT2D eigenvalue weighted by atomic mass is 9.77. The van der Waals surface area contributed by atoms with Crippen molar-refractivity contribution in [3.63, 3.8) is 0 Å². The Bertz CT molecular complexity index is 403. The summed E-state index contributed by atoms with van der Waals surface area (Å²) in [5.41, 5.74) is 1.60. The molecule has 3 nitrogen and oxygen atoms in total. The first-order chi connectivity index (χ1) is 8.83. The summed E-state index contributed by atoms with van der Waals surface area (Å²) in [4.78, 5) is 6.81. The van der Waals surface area contributed by atoms with Crippen LogP contribution < -0.4 is 4.90 Å². The monoisotopic (exact) mass is 246 g/mol. The molecule has 1 saturated carbocycles. The quantitative estimate of drug-likeness (QED) is 0.871. The van der Waals surface area contributed by atoms with Gasteiger partial charge in [-0.15, -0.1) is 0 Å². The molecule has 1 aromatic heterocycles. The molecular formula is C15H22N2O. The van der Waals surface area contributed by atoms with E-state index in [0.29, 0.717) is 5.41 Å². The SMILES string of the molecule is OCc1cccnc1N1CCC2(CCCC2)CC1. The minimum Gasteiger partial charge on any atom is -0.392 e. The van der Waals surface area contributed by atoms with Crippen molar-refractivity contribution in [2.45, 2.75) is 45.1 Å². The molecule has 1 spiro atoms. The average molecular weight is 246 g/mol. The fourth-order valence-corrected chi connectivity index (χ4v) is 3.66. The number of pyridine rings is 1. The zero-order valence-corrected chi connectivity index (χ0v) is 10.9. The summed E-state index contributed by atoms with van der Waals surface area (Å²) in [6, 6.07) is 3.87. The molecule has 0 aromatic carbocycles. The van der Waals surface area contributed by atoms with Gasteiger partial charge in [-0.1, -0.05) is 18.9 Å². The molecule has 18 heavy (non-hydrogen) atoms. The minimum absolute atomic E-state index is 0.0881. The van der Waals surface area contributed by atoms with E-state index in [4.69, 9.17) is 0 Å². The Morgan fingerprint density at radius 3 is 2.56 bits per heavy atom. The molecule has 0 amide bonds. The molecule has 0 atom stereocenters. The lowest BCUT2D eigenvalue weighted by molar-refractivity contribution is 0.225. The zero-order valence-electron chi connectivity index (χ0n) is 10.9. The Labute approximate surface area is 109 Å². The van der Waals surface area contributed by atoms with Gasteiger partial charge < -0.3 is 10.0 Å². The standard InChI is InChI=1S/C15H22N2O/c18-12-13-4-3-9-16-14(13)17-10-7-15(8-11-17)5-1-2-6-15/h3-4,9,18H,1-2,5-8,10-12H2. The van der Waals surface area contributed by atoms with Gasteiger partial charge in [0.05, 0.1) is 6.61 Å². The molecule has 1 aliphatic carbocycles. The van der Waals surface area contributed by atoms with Gasteiger partial charge in [-0.05, 0) is 37.2 Å². The number of anilines is 1. The molecule has 1 aliphatic heterocycles. The maximum Gasteiger partial charge on any atom is 0.134 e. The molecular weight excluding hydrogens is 224 g/mol. The average Bonchev–Trinajstić information content (AvgIpc) is 2.88. The van der Waals surface area contributed by atoms with E-state index >= 15 is 0 Å². The van der Waals surface area contributed by atoms with Gasteiger partial charge in [0, 0.05) is 24.8 Å². The van der Waals surface area contributed by atoms with Crippen molar-refractivity contribution in [3.8, 4) is 0 Å². The van der Waals surface area contributed by atoms with Crippen molar-refractivity contribution in [1.29, 1.82) is 0 Å². The third-order valence-electron chi connectivity index (χ3n) is 4.83. The summed E-state index contributed by atoms with van der Waals surface area (Å²) in [6.07, 6.45) is 10.1. The number of aliphatic hydroxyl groups is 1. The Hall–Kier alpha value is -1.09. The van der Waals surface area contributed by atoms with Gasteiger partial charge >= 0.3 is 0 Å². The second kappa shape index (κ2) is 4.88. The lowest BCUT2D eigenvalue weighted by Crippen LogP contribution is -2.39. The van der Waals surface area contributed by atoms with Crippen LogP contribution in [0.15, 0.2) is 18.3 Å². The summed E-state index contributed by atoms with van der Waals surface area (Å²) >= 11 is 0. The van der Waals surface area contributed by atoms with Crippen molar-refractivity contribution < 1.29 is 5.11 Å². The van der Waals surface area contributed by atoms with Crippen LogP contribution in [0.3, 0.4) is 0 Å². The Morgan fingerprint density at radius 2 is 1.89 bits per heavy atom. The van der Waals surface area contributed by atoms with E-state index in [1.165, 1.54) is 38.5 Å². The maximum atomic E-state index is 9.39. The summed E-state index contributed by atoms with van der Waals surface area (Å²) in [6.45, 7) is 2.29. The first-order valence-corrected chi connectivity index (χ1v) is 7.13. The van der Waals surface area contributed by atoms with E-state index in [1.807, 2.05) is 18.3 Å². The van der Waals surface area contributed by atoms with Gasteiger partial charge in [0.25, 0.3) is 0 Å². The van der Waals surface area contributed by atoms with Crippen molar-refractivity contribution in [2.24, 2.45) is 5.41 Å². The summed E-state index contributed by atoms with van der Waals surface area (Å²) < 4.78 is 0. The third kappa shape index (κ3) is 2.12. The van der Waals surface area contributed by atoms with E-state index in [0.717, 1.165) is 24.5 Å². The van der Waals surface area contributed by atoms with Crippen LogP contribution in [-0.4, -0.2) is 23.2 Å². The van der Waals surface area contributed by atoms with Crippen molar-refractivity contribution in [3.05, 3.63) is 23.9 Å². The Balaban J connectivity index is 1.72. The molecule has 0 bridgehead atoms. The smallest absolute Gasteiger partial charge is 0.134 e. The number of piperidine rings is 1. The predicted octanol–water partition coefficient (Wildman–Crippen LogP) is 2.73. The normalized spacial score (nSPS) is 22.6. The predicted molar refractivity (Wildman–Crippen MR) is 72.5 cm³/mol. The molecule has 2 aliphatic rings. The second-order valence-corrected chi connectivity index (χ2v) is 5.84. The largest absolute Gasteiger partial charge is 0.392 e. The van der Waals surface area contributed by atoms with Crippen molar-refractivity contribution in [2.75, 3.05) is 18.0 Å². The number of aliphatic hydroxyl groups excluding tert-OH is 1. The van der Waals surface area contributed by atoms with Crippen molar-refractivity contribution >= 4 is 5.82 Å². The van der Waals surface area contributed by atoms with Crippen molar-refractivity contribution in [1.82, 2.24) is 4.98 Å². The van der Waals surface area contributed by atoms with Gasteiger partial charge in [0.2, 0.25) is 0 Å². The second-order valence-electron chi connectivity index (χ2n) is 5.84. The van der Waals surface area contributed by atoms with Crippen LogP contribution in [0.2, 0.25) is 0 Å². The van der Waals surface area contributed by atoms with Crippen LogP contribution in [-0.2, 0) is 6.61 Å².